The van der Waals surface area contributed by atoms with Gasteiger partial charge in [-0.15, -0.1) is 0 Å². The van der Waals surface area contributed by atoms with Crippen LogP contribution in [-0.2, 0) is 0 Å². The van der Waals surface area contributed by atoms with Crippen molar-refractivity contribution in [2.24, 2.45) is 0 Å². The van der Waals surface area contributed by atoms with E-state index in [-0.39, 0.29) is 5.78 Å². The Hall–Kier alpha value is -1.55. The summed E-state index contributed by atoms with van der Waals surface area (Å²) in [6, 6.07) is 5.47. The van der Waals surface area contributed by atoms with Gasteiger partial charge in [-0.25, -0.2) is 0 Å². The van der Waals surface area contributed by atoms with Crippen molar-refractivity contribution in [1.29, 1.82) is 0 Å². The van der Waals surface area contributed by atoms with E-state index in [4.69, 9.17) is 9.47 Å². The average molecular weight is 263 g/mol. The van der Waals surface area contributed by atoms with E-state index in [9.17, 15) is 4.79 Å². The van der Waals surface area contributed by atoms with Crippen molar-refractivity contribution in [3.63, 3.8) is 0 Å². The van der Waals surface area contributed by atoms with E-state index >= 15 is 0 Å². The first-order valence-corrected chi connectivity index (χ1v) is 6.89. The third-order valence-electron chi connectivity index (χ3n) is 3.41. The summed E-state index contributed by atoms with van der Waals surface area (Å²) < 4.78 is 11.1. The van der Waals surface area contributed by atoms with Gasteiger partial charge in [0.1, 0.15) is 18.1 Å². The van der Waals surface area contributed by atoms with E-state index < -0.39 is 0 Å². The fraction of sp³-hybridized carbons (Fsp3) is 0.533. The lowest BCUT2D eigenvalue weighted by atomic mass is 10.1. The van der Waals surface area contributed by atoms with Crippen LogP contribution in [0.1, 0.15) is 30.6 Å². The van der Waals surface area contributed by atoms with Crippen LogP contribution in [0, 0.1) is 0 Å². The van der Waals surface area contributed by atoms with Gasteiger partial charge in [-0.3, -0.25) is 4.79 Å². The largest absolute Gasteiger partial charge is 0.492 e. The molecule has 0 saturated carbocycles. The molecule has 2 rings (SSSR count). The van der Waals surface area contributed by atoms with Crippen molar-refractivity contribution in [1.82, 2.24) is 4.90 Å². The highest BCUT2D eigenvalue weighted by Gasteiger charge is 2.18. The van der Waals surface area contributed by atoms with Crippen molar-refractivity contribution in [2.45, 2.75) is 20.3 Å². The molecule has 1 aromatic carbocycles. The second-order valence-electron chi connectivity index (χ2n) is 4.55. The van der Waals surface area contributed by atoms with Crippen molar-refractivity contribution in [2.75, 3.05) is 32.8 Å². The fourth-order valence-electron chi connectivity index (χ4n) is 2.16. The molecule has 1 aliphatic heterocycles. The summed E-state index contributed by atoms with van der Waals surface area (Å²) in [7, 11) is 0. The van der Waals surface area contributed by atoms with Crippen molar-refractivity contribution < 1.29 is 14.3 Å². The van der Waals surface area contributed by atoms with E-state index in [0.29, 0.717) is 30.9 Å². The Morgan fingerprint density at radius 2 is 2.11 bits per heavy atom. The molecule has 1 heterocycles. The SMILES string of the molecule is CCN(CC)CCOc1ccc2c(c1)C(=O)CCO2. The Labute approximate surface area is 114 Å². The summed E-state index contributed by atoms with van der Waals surface area (Å²) >= 11 is 0. The summed E-state index contributed by atoms with van der Waals surface area (Å²) in [6.07, 6.45) is 0.454. The number of rotatable bonds is 6. The minimum Gasteiger partial charge on any atom is -0.492 e. The number of hydrogen-bond acceptors (Lipinski definition) is 4. The second kappa shape index (κ2) is 6.57. The monoisotopic (exact) mass is 263 g/mol. The Bertz CT molecular complexity index is 441. The topological polar surface area (TPSA) is 38.8 Å². The molecule has 104 valence electrons. The molecular weight excluding hydrogens is 242 g/mol. The van der Waals surface area contributed by atoms with Gasteiger partial charge < -0.3 is 14.4 Å². The van der Waals surface area contributed by atoms with Crippen LogP contribution in [0.3, 0.4) is 0 Å². The van der Waals surface area contributed by atoms with Crippen LogP contribution in [0.15, 0.2) is 18.2 Å². The van der Waals surface area contributed by atoms with Crippen molar-refractivity contribution in [3.8, 4) is 11.5 Å². The lowest BCUT2D eigenvalue weighted by Crippen LogP contribution is -2.27. The first kappa shape index (κ1) is 13.9. The molecule has 0 radical (unpaired) electrons. The molecule has 0 atom stereocenters. The molecule has 19 heavy (non-hydrogen) atoms. The van der Waals surface area contributed by atoms with Gasteiger partial charge in [0.15, 0.2) is 5.78 Å². The molecule has 0 bridgehead atoms. The summed E-state index contributed by atoms with van der Waals surface area (Å²) in [5.74, 6) is 1.55. The molecule has 0 amide bonds. The minimum absolute atomic E-state index is 0.135. The molecule has 0 saturated heterocycles. The summed E-state index contributed by atoms with van der Waals surface area (Å²) in [5.41, 5.74) is 0.645. The van der Waals surface area contributed by atoms with Gasteiger partial charge in [0.25, 0.3) is 0 Å². The summed E-state index contributed by atoms with van der Waals surface area (Å²) in [6.45, 7) is 8.33. The van der Waals surface area contributed by atoms with Gasteiger partial charge in [0.05, 0.1) is 12.2 Å². The molecule has 0 aliphatic carbocycles. The standard InChI is InChI=1S/C15H21NO3/c1-3-16(4-2)8-10-18-12-5-6-15-13(11-12)14(17)7-9-19-15/h5-6,11H,3-4,7-10H2,1-2H3. The Morgan fingerprint density at radius 3 is 2.84 bits per heavy atom. The maximum absolute atomic E-state index is 11.8. The molecule has 0 fully saturated rings. The van der Waals surface area contributed by atoms with Crippen LogP contribution in [0.2, 0.25) is 0 Å². The van der Waals surface area contributed by atoms with Crippen LogP contribution in [-0.4, -0.2) is 43.5 Å². The zero-order chi connectivity index (χ0) is 13.7. The van der Waals surface area contributed by atoms with E-state index in [0.717, 1.165) is 25.4 Å². The highest BCUT2D eigenvalue weighted by molar-refractivity contribution is 5.99. The molecule has 0 N–H and O–H groups in total. The van der Waals surface area contributed by atoms with Gasteiger partial charge in [-0.1, -0.05) is 13.8 Å². The molecular formula is C15H21NO3. The first-order valence-electron chi connectivity index (χ1n) is 6.89. The fourth-order valence-corrected chi connectivity index (χ4v) is 2.16. The highest BCUT2D eigenvalue weighted by atomic mass is 16.5. The van der Waals surface area contributed by atoms with E-state index in [1.165, 1.54) is 0 Å². The maximum atomic E-state index is 11.8. The van der Waals surface area contributed by atoms with E-state index in [1.54, 1.807) is 6.07 Å². The van der Waals surface area contributed by atoms with Crippen LogP contribution >= 0.6 is 0 Å². The van der Waals surface area contributed by atoms with Crippen LogP contribution in [0.5, 0.6) is 11.5 Å². The number of ether oxygens (including phenoxy) is 2. The number of ketones is 1. The maximum Gasteiger partial charge on any atom is 0.170 e. The Balaban J connectivity index is 1.94. The van der Waals surface area contributed by atoms with Crippen molar-refractivity contribution in [3.05, 3.63) is 23.8 Å². The quantitative estimate of drug-likeness (QED) is 0.790. The van der Waals surface area contributed by atoms with Gasteiger partial charge >= 0.3 is 0 Å². The second-order valence-corrected chi connectivity index (χ2v) is 4.55. The van der Waals surface area contributed by atoms with Gasteiger partial charge in [0.2, 0.25) is 0 Å². The molecule has 0 unspecified atom stereocenters. The predicted molar refractivity (Wildman–Crippen MR) is 74.2 cm³/mol. The third-order valence-corrected chi connectivity index (χ3v) is 3.41. The number of Topliss-reactive ketones (excluding diaryl/α,β-unsaturated/α-hetero) is 1. The number of carbonyl (C=O) groups is 1. The number of benzene rings is 1. The number of fused-ring (bicyclic) bond motifs is 1. The molecule has 0 spiro atoms. The Kier molecular flexibility index (Phi) is 4.80. The van der Waals surface area contributed by atoms with Gasteiger partial charge in [-0.2, -0.15) is 0 Å². The smallest absolute Gasteiger partial charge is 0.170 e. The normalized spacial score (nSPS) is 14.2. The summed E-state index contributed by atoms with van der Waals surface area (Å²) in [4.78, 5) is 14.1. The van der Waals surface area contributed by atoms with Crippen LogP contribution < -0.4 is 9.47 Å². The molecule has 4 nitrogen and oxygen atoms in total. The molecule has 4 heteroatoms. The number of carbonyl (C=O) groups excluding carboxylic acids is 1. The zero-order valence-electron chi connectivity index (χ0n) is 11.6. The Morgan fingerprint density at radius 1 is 1.32 bits per heavy atom. The lowest BCUT2D eigenvalue weighted by molar-refractivity contribution is 0.0932. The van der Waals surface area contributed by atoms with E-state index in [2.05, 4.69) is 18.7 Å². The molecule has 1 aliphatic rings. The number of hydrogen-bond donors (Lipinski definition) is 0. The zero-order valence-corrected chi connectivity index (χ0v) is 11.6. The minimum atomic E-state index is 0.135. The number of likely N-dealkylation sites (N-methyl/N-ethyl adjacent to an activating group) is 1. The van der Waals surface area contributed by atoms with Gasteiger partial charge in [-0.05, 0) is 31.3 Å². The summed E-state index contributed by atoms with van der Waals surface area (Å²) in [5, 5.41) is 0. The number of nitrogens with zero attached hydrogens (tertiary/aromatic N) is 1. The lowest BCUT2D eigenvalue weighted by Gasteiger charge is -2.19. The van der Waals surface area contributed by atoms with E-state index in [1.807, 2.05) is 12.1 Å². The molecule has 1 aromatic rings. The average Bonchev–Trinajstić information content (AvgIpc) is 2.44. The highest BCUT2D eigenvalue weighted by Crippen LogP contribution is 2.28. The van der Waals surface area contributed by atoms with Crippen LogP contribution in [0.4, 0.5) is 0 Å². The predicted octanol–water partition coefficient (Wildman–Crippen LogP) is 2.37. The molecule has 0 aromatic heterocycles. The van der Waals surface area contributed by atoms with Crippen LogP contribution in [0.25, 0.3) is 0 Å². The van der Waals surface area contributed by atoms with Gasteiger partial charge in [0, 0.05) is 13.0 Å². The third kappa shape index (κ3) is 3.47. The van der Waals surface area contributed by atoms with Crippen molar-refractivity contribution >= 4 is 5.78 Å². The first-order chi connectivity index (χ1) is 9.24.